The Labute approximate surface area is 140 Å². The first-order valence-electron chi connectivity index (χ1n) is 6.78. The summed E-state index contributed by atoms with van der Waals surface area (Å²) in [4.78, 5) is 12.0. The van der Waals surface area contributed by atoms with Gasteiger partial charge in [0.05, 0.1) is 5.75 Å². The molecule has 0 unspecified atom stereocenters. The van der Waals surface area contributed by atoms with Crippen molar-refractivity contribution < 1.29 is 9.18 Å². The van der Waals surface area contributed by atoms with Crippen LogP contribution < -0.4 is 5.32 Å². The standard InChI is InChI=1S/C16H12FN3OS2/c17-12-8-6-11(7-9-12)14(21)10-22-16-20-19-15(23-16)18-13-4-2-1-3-5-13/h1-9H,10H2,(H,18,19). The Morgan fingerprint density at radius 3 is 2.57 bits per heavy atom. The summed E-state index contributed by atoms with van der Waals surface area (Å²) in [6.07, 6.45) is 0. The molecule has 0 radical (unpaired) electrons. The molecule has 1 N–H and O–H groups in total. The molecular weight excluding hydrogens is 333 g/mol. The van der Waals surface area contributed by atoms with Gasteiger partial charge in [-0.2, -0.15) is 0 Å². The first-order chi connectivity index (χ1) is 11.2. The summed E-state index contributed by atoms with van der Waals surface area (Å²) >= 11 is 2.71. The van der Waals surface area contributed by atoms with E-state index in [0.29, 0.717) is 15.0 Å². The molecule has 7 heteroatoms. The number of Topliss-reactive ketones (excluding diaryl/α,β-unsaturated/α-hetero) is 1. The Morgan fingerprint density at radius 1 is 1.09 bits per heavy atom. The fraction of sp³-hybridized carbons (Fsp3) is 0.0625. The highest BCUT2D eigenvalue weighted by atomic mass is 32.2. The number of nitrogens with zero attached hydrogens (tertiary/aromatic N) is 2. The summed E-state index contributed by atoms with van der Waals surface area (Å²) in [5.74, 6) is -0.177. The van der Waals surface area contributed by atoms with Gasteiger partial charge in [0, 0.05) is 11.3 Å². The number of halogens is 1. The van der Waals surface area contributed by atoms with Gasteiger partial charge in [-0.15, -0.1) is 10.2 Å². The number of hydrogen-bond donors (Lipinski definition) is 1. The van der Waals surface area contributed by atoms with Crippen LogP contribution in [-0.2, 0) is 0 Å². The maximum Gasteiger partial charge on any atom is 0.210 e. The predicted octanol–water partition coefficient (Wildman–Crippen LogP) is 4.40. The van der Waals surface area contributed by atoms with Gasteiger partial charge in [0.15, 0.2) is 10.1 Å². The summed E-state index contributed by atoms with van der Waals surface area (Å²) in [5.41, 5.74) is 1.42. The number of nitrogens with one attached hydrogen (secondary N) is 1. The Morgan fingerprint density at radius 2 is 1.83 bits per heavy atom. The van der Waals surface area contributed by atoms with Crippen LogP contribution in [0.25, 0.3) is 0 Å². The van der Waals surface area contributed by atoms with Gasteiger partial charge in [-0.05, 0) is 36.4 Å². The molecule has 0 saturated heterocycles. The van der Waals surface area contributed by atoms with Crippen LogP contribution in [0.2, 0.25) is 0 Å². The Bertz CT molecular complexity index is 791. The molecule has 0 amide bonds. The molecule has 3 rings (SSSR count). The predicted molar refractivity (Wildman–Crippen MR) is 91.1 cm³/mol. The second-order valence-corrected chi connectivity index (χ2v) is 6.78. The SMILES string of the molecule is O=C(CSc1nnc(Nc2ccccc2)s1)c1ccc(F)cc1. The zero-order valence-corrected chi connectivity index (χ0v) is 13.5. The van der Waals surface area contributed by atoms with Crippen LogP contribution in [0.15, 0.2) is 58.9 Å². The molecule has 23 heavy (non-hydrogen) atoms. The second-order valence-electron chi connectivity index (χ2n) is 4.58. The fourth-order valence-corrected chi connectivity index (χ4v) is 3.48. The lowest BCUT2D eigenvalue weighted by atomic mass is 10.1. The zero-order valence-electron chi connectivity index (χ0n) is 11.9. The fourth-order valence-electron chi connectivity index (χ4n) is 1.81. The lowest BCUT2D eigenvalue weighted by molar-refractivity contribution is 0.102. The number of aromatic nitrogens is 2. The van der Waals surface area contributed by atoms with Crippen molar-refractivity contribution in [2.45, 2.75) is 4.34 Å². The average molecular weight is 345 g/mol. The van der Waals surface area contributed by atoms with Crippen LogP contribution in [0.4, 0.5) is 15.2 Å². The van der Waals surface area contributed by atoms with Crippen molar-refractivity contribution >= 4 is 39.7 Å². The van der Waals surface area contributed by atoms with Crippen LogP contribution in [0, 0.1) is 5.82 Å². The minimum Gasteiger partial charge on any atom is -0.330 e. The third-order valence-corrected chi connectivity index (χ3v) is 4.90. The van der Waals surface area contributed by atoms with E-state index in [1.54, 1.807) is 0 Å². The van der Waals surface area contributed by atoms with E-state index in [-0.39, 0.29) is 17.4 Å². The minimum absolute atomic E-state index is 0.0669. The second kappa shape index (κ2) is 7.34. The number of ketones is 1. The lowest BCUT2D eigenvalue weighted by Crippen LogP contribution is -2.01. The molecule has 0 aliphatic heterocycles. The highest BCUT2D eigenvalue weighted by Crippen LogP contribution is 2.28. The number of thioether (sulfide) groups is 1. The van der Waals surface area contributed by atoms with Crippen molar-refractivity contribution in [3.63, 3.8) is 0 Å². The van der Waals surface area contributed by atoms with Crippen molar-refractivity contribution in [3.05, 3.63) is 66.0 Å². The Hall–Kier alpha value is -2.25. The average Bonchev–Trinajstić information content (AvgIpc) is 3.02. The first-order valence-corrected chi connectivity index (χ1v) is 8.58. The number of benzene rings is 2. The molecule has 3 aromatic rings. The quantitative estimate of drug-likeness (QED) is 0.530. The number of rotatable bonds is 6. The number of carbonyl (C=O) groups is 1. The van der Waals surface area contributed by atoms with Crippen LogP contribution in [0.3, 0.4) is 0 Å². The van der Waals surface area contributed by atoms with Crippen molar-refractivity contribution in [1.29, 1.82) is 0 Å². The van der Waals surface area contributed by atoms with Crippen molar-refractivity contribution in [2.75, 3.05) is 11.1 Å². The Kier molecular flexibility index (Phi) is 4.99. The topological polar surface area (TPSA) is 54.9 Å². The van der Waals surface area contributed by atoms with Gasteiger partial charge < -0.3 is 5.32 Å². The molecule has 116 valence electrons. The van der Waals surface area contributed by atoms with Gasteiger partial charge in [-0.25, -0.2) is 4.39 Å². The van der Waals surface area contributed by atoms with E-state index in [0.717, 1.165) is 5.69 Å². The normalized spacial score (nSPS) is 10.5. The van der Waals surface area contributed by atoms with Crippen molar-refractivity contribution in [2.24, 2.45) is 0 Å². The van der Waals surface area contributed by atoms with Gasteiger partial charge in [-0.1, -0.05) is 41.3 Å². The first kappa shape index (κ1) is 15.6. The smallest absolute Gasteiger partial charge is 0.210 e. The number of anilines is 2. The zero-order chi connectivity index (χ0) is 16.1. The van der Waals surface area contributed by atoms with E-state index >= 15 is 0 Å². The van der Waals surface area contributed by atoms with Crippen LogP contribution >= 0.6 is 23.1 Å². The highest BCUT2D eigenvalue weighted by Gasteiger charge is 2.10. The maximum absolute atomic E-state index is 12.8. The van der Waals surface area contributed by atoms with E-state index in [2.05, 4.69) is 15.5 Å². The number of para-hydroxylation sites is 1. The molecule has 0 aliphatic carbocycles. The third-order valence-electron chi connectivity index (χ3n) is 2.92. The number of carbonyl (C=O) groups excluding carboxylic acids is 1. The number of hydrogen-bond acceptors (Lipinski definition) is 6. The van der Waals surface area contributed by atoms with Crippen LogP contribution in [0.1, 0.15) is 10.4 Å². The third kappa shape index (κ3) is 4.37. The maximum atomic E-state index is 12.8. The van der Waals surface area contributed by atoms with Crippen LogP contribution in [0.5, 0.6) is 0 Å². The summed E-state index contributed by atoms with van der Waals surface area (Å²) in [6, 6.07) is 15.2. The largest absolute Gasteiger partial charge is 0.330 e. The molecule has 0 atom stereocenters. The van der Waals surface area contributed by atoms with Gasteiger partial charge >= 0.3 is 0 Å². The van der Waals surface area contributed by atoms with Gasteiger partial charge in [-0.3, -0.25) is 4.79 Å². The highest BCUT2D eigenvalue weighted by molar-refractivity contribution is 8.01. The van der Waals surface area contributed by atoms with Crippen LogP contribution in [-0.4, -0.2) is 21.7 Å². The molecule has 0 spiro atoms. The molecule has 4 nitrogen and oxygen atoms in total. The van der Waals surface area contributed by atoms with Gasteiger partial charge in [0.1, 0.15) is 5.82 Å². The van der Waals surface area contributed by atoms with Crippen molar-refractivity contribution in [3.8, 4) is 0 Å². The van der Waals surface area contributed by atoms with Gasteiger partial charge in [0.2, 0.25) is 5.13 Å². The molecule has 1 heterocycles. The summed E-state index contributed by atoms with van der Waals surface area (Å²) in [7, 11) is 0. The monoisotopic (exact) mass is 345 g/mol. The minimum atomic E-state index is -0.352. The summed E-state index contributed by atoms with van der Waals surface area (Å²) < 4.78 is 13.5. The summed E-state index contributed by atoms with van der Waals surface area (Å²) in [6.45, 7) is 0. The van der Waals surface area contributed by atoms with E-state index in [1.165, 1.54) is 47.4 Å². The molecule has 0 saturated carbocycles. The molecule has 0 fully saturated rings. The lowest BCUT2D eigenvalue weighted by Gasteiger charge is -2.00. The van der Waals surface area contributed by atoms with Gasteiger partial charge in [0.25, 0.3) is 0 Å². The molecule has 0 aliphatic rings. The molecule has 0 bridgehead atoms. The molecular formula is C16H12FN3OS2. The summed E-state index contributed by atoms with van der Waals surface area (Å²) in [5, 5.41) is 11.9. The van der Waals surface area contributed by atoms with Crippen molar-refractivity contribution in [1.82, 2.24) is 10.2 Å². The molecule has 1 aromatic heterocycles. The van der Waals surface area contributed by atoms with E-state index < -0.39 is 0 Å². The van der Waals surface area contributed by atoms with E-state index in [1.807, 2.05) is 30.3 Å². The molecule has 2 aromatic carbocycles. The Balaban J connectivity index is 1.57. The van der Waals surface area contributed by atoms with E-state index in [4.69, 9.17) is 0 Å². The van der Waals surface area contributed by atoms with E-state index in [9.17, 15) is 9.18 Å².